The van der Waals surface area contributed by atoms with Gasteiger partial charge >= 0.3 is 0 Å². The molecule has 2 aromatic rings. The Morgan fingerprint density at radius 3 is 2.80 bits per heavy atom. The second-order valence-electron chi connectivity index (χ2n) is 4.69. The van der Waals surface area contributed by atoms with E-state index in [1.54, 1.807) is 0 Å². The Morgan fingerprint density at radius 1 is 1.25 bits per heavy atom. The third-order valence-corrected chi connectivity index (χ3v) is 3.44. The SMILES string of the molecule is CCCNc1ncc(C)c(Nc2cccc(Cl)c2C)n1. The molecule has 0 fully saturated rings. The van der Waals surface area contributed by atoms with Crippen LogP contribution in [0.25, 0.3) is 0 Å². The van der Waals surface area contributed by atoms with Gasteiger partial charge in [-0.05, 0) is 38.0 Å². The molecule has 0 unspecified atom stereocenters. The maximum atomic E-state index is 6.13. The van der Waals surface area contributed by atoms with Crippen molar-refractivity contribution in [2.75, 3.05) is 17.2 Å². The summed E-state index contributed by atoms with van der Waals surface area (Å²) < 4.78 is 0. The molecule has 106 valence electrons. The molecular weight excluding hydrogens is 272 g/mol. The van der Waals surface area contributed by atoms with Crippen LogP contribution in [0, 0.1) is 13.8 Å². The molecule has 0 saturated carbocycles. The lowest BCUT2D eigenvalue weighted by Gasteiger charge is -2.13. The van der Waals surface area contributed by atoms with Crippen LogP contribution in [-0.2, 0) is 0 Å². The van der Waals surface area contributed by atoms with E-state index in [0.717, 1.165) is 40.6 Å². The normalized spacial score (nSPS) is 10.4. The molecule has 0 aliphatic rings. The number of rotatable bonds is 5. The summed E-state index contributed by atoms with van der Waals surface area (Å²) in [5.74, 6) is 1.43. The number of halogens is 1. The first-order valence-electron chi connectivity index (χ1n) is 6.71. The van der Waals surface area contributed by atoms with Crippen LogP contribution in [0.4, 0.5) is 17.5 Å². The van der Waals surface area contributed by atoms with Gasteiger partial charge in [0.25, 0.3) is 0 Å². The van der Waals surface area contributed by atoms with Crippen LogP contribution in [0.5, 0.6) is 0 Å². The first kappa shape index (κ1) is 14.6. The lowest BCUT2D eigenvalue weighted by molar-refractivity contribution is 0.950. The maximum absolute atomic E-state index is 6.13. The fourth-order valence-electron chi connectivity index (χ4n) is 1.76. The molecule has 0 aliphatic heterocycles. The second-order valence-corrected chi connectivity index (χ2v) is 5.10. The predicted molar refractivity (Wildman–Crippen MR) is 85.0 cm³/mol. The Hall–Kier alpha value is -1.81. The van der Waals surface area contributed by atoms with E-state index in [2.05, 4.69) is 27.5 Å². The van der Waals surface area contributed by atoms with Crippen molar-refractivity contribution in [2.45, 2.75) is 27.2 Å². The molecule has 20 heavy (non-hydrogen) atoms. The summed E-state index contributed by atoms with van der Waals surface area (Å²) in [6, 6.07) is 5.79. The number of benzene rings is 1. The summed E-state index contributed by atoms with van der Waals surface area (Å²) in [5, 5.41) is 7.25. The summed E-state index contributed by atoms with van der Waals surface area (Å²) >= 11 is 6.13. The standard InChI is InChI=1S/C15H19ClN4/c1-4-8-17-15-18-9-10(2)14(20-15)19-13-7-5-6-12(16)11(13)3/h5-7,9H,4,8H2,1-3H3,(H2,17,18,19,20). The molecule has 0 radical (unpaired) electrons. The van der Waals surface area contributed by atoms with Crippen LogP contribution >= 0.6 is 11.6 Å². The minimum Gasteiger partial charge on any atom is -0.354 e. The van der Waals surface area contributed by atoms with E-state index in [0.29, 0.717) is 5.95 Å². The zero-order valence-corrected chi connectivity index (χ0v) is 12.8. The monoisotopic (exact) mass is 290 g/mol. The number of hydrogen-bond acceptors (Lipinski definition) is 4. The zero-order valence-electron chi connectivity index (χ0n) is 12.0. The van der Waals surface area contributed by atoms with Gasteiger partial charge in [0.15, 0.2) is 0 Å². The van der Waals surface area contributed by atoms with Crippen molar-refractivity contribution in [1.82, 2.24) is 9.97 Å². The number of hydrogen-bond donors (Lipinski definition) is 2. The average molecular weight is 291 g/mol. The maximum Gasteiger partial charge on any atom is 0.224 e. The lowest BCUT2D eigenvalue weighted by atomic mass is 10.2. The molecule has 1 heterocycles. The van der Waals surface area contributed by atoms with Crippen LogP contribution in [-0.4, -0.2) is 16.5 Å². The van der Waals surface area contributed by atoms with E-state index < -0.39 is 0 Å². The fourth-order valence-corrected chi connectivity index (χ4v) is 1.94. The van der Waals surface area contributed by atoms with Crippen molar-refractivity contribution in [2.24, 2.45) is 0 Å². The summed E-state index contributed by atoms with van der Waals surface area (Å²) in [6.07, 6.45) is 2.85. The highest BCUT2D eigenvalue weighted by Gasteiger charge is 2.07. The largest absolute Gasteiger partial charge is 0.354 e. The summed E-state index contributed by atoms with van der Waals surface area (Å²) in [6.45, 7) is 6.93. The van der Waals surface area contributed by atoms with Gasteiger partial charge in [0, 0.05) is 29.0 Å². The Kier molecular flexibility index (Phi) is 4.79. The van der Waals surface area contributed by atoms with Gasteiger partial charge in [0.2, 0.25) is 5.95 Å². The van der Waals surface area contributed by atoms with E-state index in [-0.39, 0.29) is 0 Å². The van der Waals surface area contributed by atoms with Crippen molar-refractivity contribution in [3.05, 3.63) is 40.5 Å². The Balaban J connectivity index is 2.26. The van der Waals surface area contributed by atoms with Gasteiger partial charge in [-0.2, -0.15) is 4.98 Å². The predicted octanol–water partition coefficient (Wildman–Crippen LogP) is 4.31. The van der Waals surface area contributed by atoms with E-state index in [1.807, 2.05) is 38.2 Å². The highest BCUT2D eigenvalue weighted by atomic mass is 35.5. The zero-order chi connectivity index (χ0) is 14.5. The van der Waals surface area contributed by atoms with Gasteiger partial charge in [-0.1, -0.05) is 24.6 Å². The molecule has 4 nitrogen and oxygen atoms in total. The number of nitrogens with one attached hydrogen (secondary N) is 2. The number of aryl methyl sites for hydroxylation is 1. The van der Waals surface area contributed by atoms with Crippen molar-refractivity contribution >= 4 is 29.1 Å². The first-order chi connectivity index (χ1) is 9.61. The number of anilines is 3. The Labute approximate surface area is 124 Å². The van der Waals surface area contributed by atoms with Gasteiger partial charge in [0.1, 0.15) is 5.82 Å². The molecule has 0 aliphatic carbocycles. The van der Waals surface area contributed by atoms with Crippen LogP contribution in [0.15, 0.2) is 24.4 Å². The highest BCUT2D eigenvalue weighted by molar-refractivity contribution is 6.31. The van der Waals surface area contributed by atoms with Gasteiger partial charge in [-0.15, -0.1) is 0 Å². The molecule has 0 amide bonds. The van der Waals surface area contributed by atoms with Crippen molar-refractivity contribution in [3.63, 3.8) is 0 Å². The summed E-state index contributed by atoms with van der Waals surface area (Å²) in [7, 11) is 0. The van der Waals surface area contributed by atoms with Crippen LogP contribution < -0.4 is 10.6 Å². The second kappa shape index (κ2) is 6.57. The van der Waals surface area contributed by atoms with E-state index in [9.17, 15) is 0 Å². The molecule has 2 N–H and O–H groups in total. The Morgan fingerprint density at radius 2 is 2.05 bits per heavy atom. The van der Waals surface area contributed by atoms with Crippen molar-refractivity contribution < 1.29 is 0 Å². The molecular formula is C15H19ClN4. The van der Waals surface area contributed by atoms with Crippen LogP contribution in [0.2, 0.25) is 5.02 Å². The molecule has 5 heteroatoms. The Bertz CT molecular complexity index is 598. The number of aromatic nitrogens is 2. The quantitative estimate of drug-likeness (QED) is 0.861. The topological polar surface area (TPSA) is 49.8 Å². The minimum absolute atomic E-state index is 0.639. The van der Waals surface area contributed by atoms with Crippen molar-refractivity contribution in [3.8, 4) is 0 Å². The average Bonchev–Trinajstić information content (AvgIpc) is 2.44. The molecule has 0 spiro atoms. The molecule has 0 atom stereocenters. The molecule has 0 bridgehead atoms. The van der Waals surface area contributed by atoms with E-state index in [4.69, 9.17) is 11.6 Å². The third-order valence-electron chi connectivity index (χ3n) is 3.03. The fraction of sp³-hybridized carbons (Fsp3) is 0.333. The molecule has 1 aromatic heterocycles. The molecule has 1 aromatic carbocycles. The van der Waals surface area contributed by atoms with Gasteiger partial charge in [-0.25, -0.2) is 4.98 Å². The molecule has 0 saturated heterocycles. The van der Waals surface area contributed by atoms with Gasteiger partial charge in [-0.3, -0.25) is 0 Å². The molecule has 2 rings (SSSR count). The number of nitrogens with zero attached hydrogens (tertiary/aromatic N) is 2. The summed E-state index contributed by atoms with van der Waals surface area (Å²) in [5.41, 5.74) is 2.96. The van der Waals surface area contributed by atoms with Crippen LogP contribution in [0.1, 0.15) is 24.5 Å². The van der Waals surface area contributed by atoms with Crippen LogP contribution in [0.3, 0.4) is 0 Å². The highest BCUT2D eigenvalue weighted by Crippen LogP contribution is 2.26. The first-order valence-corrected chi connectivity index (χ1v) is 7.09. The van der Waals surface area contributed by atoms with E-state index in [1.165, 1.54) is 0 Å². The smallest absolute Gasteiger partial charge is 0.224 e. The van der Waals surface area contributed by atoms with Gasteiger partial charge < -0.3 is 10.6 Å². The summed E-state index contributed by atoms with van der Waals surface area (Å²) in [4.78, 5) is 8.77. The van der Waals surface area contributed by atoms with Crippen molar-refractivity contribution in [1.29, 1.82) is 0 Å². The third kappa shape index (κ3) is 3.39. The van der Waals surface area contributed by atoms with E-state index >= 15 is 0 Å². The minimum atomic E-state index is 0.639. The lowest BCUT2D eigenvalue weighted by Crippen LogP contribution is -2.07. The van der Waals surface area contributed by atoms with Gasteiger partial charge in [0.05, 0.1) is 0 Å².